The molecular weight excluding hydrogens is 482 g/mol. The van der Waals surface area contributed by atoms with E-state index in [1.807, 2.05) is 0 Å². The number of halogens is 3. The Balaban J connectivity index is 1.66. The summed E-state index contributed by atoms with van der Waals surface area (Å²) in [6, 6.07) is 5.29. The quantitative estimate of drug-likeness (QED) is 0.531. The maximum Gasteiger partial charge on any atom is 0.142 e. The van der Waals surface area contributed by atoms with Gasteiger partial charge in [0.15, 0.2) is 0 Å². The number of hydrogen-bond donors (Lipinski definition) is 2. The van der Waals surface area contributed by atoms with Gasteiger partial charge >= 0.3 is 0 Å². The topological polar surface area (TPSA) is 103 Å². The number of rotatable bonds is 6. The zero-order valence-electron chi connectivity index (χ0n) is 16.7. The predicted molar refractivity (Wildman–Crippen MR) is 117 cm³/mol. The molecule has 12 heteroatoms. The van der Waals surface area contributed by atoms with Crippen LogP contribution in [0.2, 0.25) is 10.0 Å². The van der Waals surface area contributed by atoms with E-state index in [0.29, 0.717) is 16.3 Å². The van der Waals surface area contributed by atoms with Crippen molar-refractivity contribution in [2.45, 2.75) is 34.7 Å². The number of hydrogen-bond acceptors (Lipinski definition) is 8. The Morgan fingerprint density at radius 2 is 2.09 bits per heavy atom. The Morgan fingerprint density at radius 3 is 2.78 bits per heavy atom. The Hall–Kier alpha value is -1.79. The average Bonchev–Trinajstić information content (AvgIpc) is 3.26. The zero-order chi connectivity index (χ0) is 22.8. The fourth-order valence-corrected chi connectivity index (χ4v) is 5.06. The van der Waals surface area contributed by atoms with Crippen LogP contribution in [0.15, 0.2) is 47.8 Å². The van der Waals surface area contributed by atoms with Gasteiger partial charge in [0.05, 0.1) is 22.8 Å². The monoisotopic (exact) mass is 500 g/mol. The molecule has 1 saturated heterocycles. The number of nitrogens with zero attached hydrogens (tertiary/aromatic N) is 4. The number of aliphatic hydroxyl groups excluding tert-OH is 2. The number of aromatic nitrogens is 4. The van der Waals surface area contributed by atoms with Gasteiger partial charge in [-0.05, 0) is 18.2 Å². The van der Waals surface area contributed by atoms with E-state index < -0.39 is 42.2 Å². The standard InChI is InChI=1S/C20H19Cl2FN4O4S/c1-30-19-17(27-8-15(25-26-27)10-2-3-13(22)14(23)4-10)18(29)16(9-28)31-20(19)32-12-5-11(21)6-24-7-12/h2-8,16-20,28-29H,9H2,1H3. The molecule has 0 radical (unpaired) electrons. The molecule has 0 amide bonds. The fourth-order valence-electron chi connectivity index (χ4n) is 3.51. The molecule has 1 aliphatic heterocycles. The van der Waals surface area contributed by atoms with Crippen LogP contribution in [-0.2, 0) is 9.47 Å². The summed E-state index contributed by atoms with van der Waals surface area (Å²) in [6.45, 7) is -0.414. The van der Waals surface area contributed by atoms with E-state index in [-0.39, 0.29) is 5.02 Å². The van der Waals surface area contributed by atoms with Crippen molar-refractivity contribution in [3.05, 3.63) is 58.7 Å². The molecule has 5 atom stereocenters. The first-order valence-corrected chi connectivity index (χ1v) is 11.2. The molecule has 170 valence electrons. The highest BCUT2D eigenvalue weighted by Gasteiger charge is 2.47. The number of ether oxygens (including phenoxy) is 2. The summed E-state index contributed by atoms with van der Waals surface area (Å²) in [5.41, 5.74) is 0.243. The van der Waals surface area contributed by atoms with Gasteiger partial charge in [-0.25, -0.2) is 9.07 Å². The molecule has 32 heavy (non-hydrogen) atoms. The van der Waals surface area contributed by atoms with Crippen molar-refractivity contribution in [1.29, 1.82) is 0 Å². The predicted octanol–water partition coefficient (Wildman–Crippen LogP) is 3.21. The second-order valence-corrected chi connectivity index (χ2v) is 9.09. The van der Waals surface area contributed by atoms with Crippen LogP contribution in [0.4, 0.5) is 4.39 Å². The molecule has 8 nitrogen and oxygen atoms in total. The summed E-state index contributed by atoms with van der Waals surface area (Å²) < 4.78 is 26.9. The van der Waals surface area contributed by atoms with Gasteiger partial charge < -0.3 is 19.7 Å². The van der Waals surface area contributed by atoms with Gasteiger partial charge in [-0.1, -0.05) is 46.2 Å². The molecule has 4 rings (SSSR count). The first kappa shape index (κ1) is 23.4. The molecule has 1 aromatic carbocycles. The minimum Gasteiger partial charge on any atom is -0.394 e. The largest absolute Gasteiger partial charge is 0.394 e. The third-order valence-electron chi connectivity index (χ3n) is 5.06. The third kappa shape index (κ3) is 4.76. The van der Waals surface area contributed by atoms with E-state index in [1.54, 1.807) is 24.5 Å². The van der Waals surface area contributed by atoms with Crippen molar-refractivity contribution >= 4 is 35.0 Å². The molecular formula is C20H19Cl2FN4O4S. The van der Waals surface area contributed by atoms with Gasteiger partial charge in [-0.2, -0.15) is 0 Å². The maximum atomic E-state index is 13.9. The lowest BCUT2D eigenvalue weighted by molar-refractivity contribution is -0.186. The summed E-state index contributed by atoms with van der Waals surface area (Å²) >= 11 is 13.1. The van der Waals surface area contributed by atoms with Crippen LogP contribution in [0.3, 0.4) is 0 Å². The van der Waals surface area contributed by atoms with E-state index in [2.05, 4.69) is 15.3 Å². The molecule has 0 bridgehead atoms. The van der Waals surface area contributed by atoms with Crippen LogP contribution in [0.25, 0.3) is 11.3 Å². The fraction of sp³-hybridized carbons (Fsp3) is 0.350. The highest BCUT2D eigenvalue weighted by atomic mass is 35.5. The molecule has 5 unspecified atom stereocenters. The van der Waals surface area contributed by atoms with Crippen LogP contribution < -0.4 is 0 Å². The second-order valence-electron chi connectivity index (χ2n) is 7.08. The summed E-state index contributed by atoms with van der Waals surface area (Å²) in [5, 5.41) is 29.4. The summed E-state index contributed by atoms with van der Waals surface area (Å²) in [7, 11) is 1.49. The van der Waals surface area contributed by atoms with Gasteiger partial charge in [0.1, 0.15) is 41.3 Å². The van der Waals surface area contributed by atoms with Crippen molar-refractivity contribution in [2.75, 3.05) is 13.7 Å². The summed E-state index contributed by atoms with van der Waals surface area (Å²) in [4.78, 5) is 4.80. The Morgan fingerprint density at radius 1 is 1.28 bits per heavy atom. The lowest BCUT2D eigenvalue weighted by Gasteiger charge is -2.43. The highest BCUT2D eigenvalue weighted by molar-refractivity contribution is 7.99. The first-order chi connectivity index (χ1) is 15.4. The second kappa shape index (κ2) is 10.0. The molecule has 1 aliphatic rings. The van der Waals surface area contributed by atoms with Gasteiger partial charge in [0.2, 0.25) is 0 Å². The van der Waals surface area contributed by atoms with Crippen molar-refractivity contribution in [2.24, 2.45) is 0 Å². The van der Waals surface area contributed by atoms with Crippen molar-refractivity contribution in [3.63, 3.8) is 0 Å². The summed E-state index contributed by atoms with van der Waals surface area (Å²) in [6.07, 6.45) is 2.01. The van der Waals surface area contributed by atoms with Crippen LogP contribution in [0, 0.1) is 5.82 Å². The van der Waals surface area contributed by atoms with Crippen molar-refractivity contribution in [3.8, 4) is 11.3 Å². The smallest absolute Gasteiger partial charge is 0.142 e. The van der Waals surface area contributed by atoms with E-state index in [4.69, 9.17) is 32.7 Å². The number of thioether (sulfide) groups is 1. The van der Waals surface area contributed by atoms with Gasteiger partial charge in [-0.3, -0.25) is 4.98 Å². The van der Waals surface area contributed by atoms with Crippen molar-refractivity contribution < 1.29 is 24.1 Å². The normalized spacial score (nSPS) is 25.8. The van der Waals surface area contributed by atoms with Crippen LogP contribution in [0.5, 0.6) is 0 Å². The molecule has 0 saturated carbocycles. The van der Waals surface area contributed by atoms with E-state index in [1.165, 1.54) is 41.9 Å². The molecule has 3 aromatic rings. The summed E-state index contributed by atoms with van der Waals surface area (Å²) in [5.74, 6) is -0.577. The lowest BCUT2D eigenvalue weighted by Crippen LogP contribution is -2.55. The minimum atomic E-state index is -1.14. The van der Waals surface area contributed by atoms with Crippen LogP contribution in [-0.4, -0.2) is 67.7 Å². The third-order valence-corrected chi connectivity index (χ3v) is 6.68. The lowest BCUT2D eigenvalue weighted by atomic mass is 9.97. The Kier molecular flexibility index (Phi) is 7.30. The SMILES string of the molecule is COC1C(Sc2cncc(Cl)c2)OC(CO)C(O)C1n1cc(-c2ccc(Cl)c(F)c2)nn1. The van der Waals surface area contributed by atoms with Crippen molar-refractivity contribution in [1.82, 2.24) is 20.0 Å². The number of pyridine rings is 1. The van der Waals surface area contributed by atoms with E-state index in [9.17, 15) is 14.6 Å². The maximum absolute atomic E-state index is 13.9. The number of methoxy groups -OCH3 is 1. The highest BCUT2D eigenvalue weighted by Crippen LogP contribution is 2.39. The first-order valence-electron chi connectivity index (χ1n) is 9.53. The van der Waals surface area contributed by atoms with Crippen LogP contribution in [0.1, 0.15) is 6.04 Å². The Bertz CT molecular complexity index is 1090. The van der Waals surface area contributed by atoms with Gasteiger partial charge in [-0.15, -0.1) is 5.10 Å². The number of aliphatic hydroxyl groups is 2. The van der Waals surface area contributed by atoms with E-state index >= 15 is 0 Å². The minimum absolute atomic E-state index is 0.00148. The zero-order valence-corrected chi connectivity index (χ0v) is 19.0. The molecule has 0 aliphatic carbocycles. The average molecular weight is 501 g/mol. The van der Waals surface area contributed by atoms with Crippen LogP contribution >= 0.6 is 35.0 Å². The van der Waals surface area contributed by atoms with Gasteiger partial charge in [0.25, 0.3) is 0 Å². The molecule has 2 aromatic heterocycles. The molecule has 1 fully saturated rings. The van der Waals surface area contributed by atoms with E-state index in [0.717, 1.165) is 4.90 Å². The molecule has 3 heterocycles. The molecule has 2 N–H and O–H groups in total. The van der Waals surface area contributed by atoms with Gasteiger partial charge in [0, 0.05) is 30.0 Å². The Labute approximate surface area is 197 Å². The number of benzene rings is 1. The molecule has 0 spiro atoms.